The van der Waals surface area contributed by atoms with Gasteiger partial charge in [-0.05, 0) is 36.8 Å². The summed E-state index contributed by atoms with van der Waals surface area (Å²) < 4.78 is 0. The summed E-state index contributed by atoms with van der Waals surface area (Å²) in [5.41, 5.74) is 3.76. The number of aryl methyl sites for hydroxylation is 1. The molecule has 0 aliphatic heterocycles. The van der Waals surface area contributed by atoms with Crippen LogP contribution in [0.25, 0.3) is 0 Å². The molecular formula is C16H14ClN3O3. The van der Waals surface area contributed by atoms with Crippen molar-refractivity contribution in [1.29, 1.82) is 0 Å². The monoisotopic (exact) mass is 331 g/mol. The summed E-state index contributed by atoms with van der Waals surface area (Å²) in [7, 11) is 0. The van der Waals surface area contributed by atoms with E-state index < -0.39 is 11.8 Å². The number of hydrogen-bond donors (Lipinski definition) is 3. The van der Waals surface area contributed by atoms with Gasteiger partial charge in [-0.15, -0.1) is 0 Å². The Morgan fingerprint density at radius 1 is 1.17 bits per heavy atom. The fraction of sp³-hybridized carbons (Fsp3) is 0.0625. The zero-order valence-electron chi connectivity index (χ0n) is 12.2. The lowest BCUT2D eigenvalue weighted by Crippen LogP contribution is -2.32. The minimum atomic E-state index is -0.937. The Morgan fingerprint density at radius 2 is 1.91 bits per heavy atom. The third-order valence-corrected chi connectivity index (χ3v) is 3.35. The molecule has 0 aromatic heterocycles. The molecule has 3 N–H and O–H groups in total. The number of phenolic OH excluding ortho intramolecular Hbond substituents is 1. The molecule has 0 atom stereocenters. The van der Waals surface area contributed by atoms with Crippen molar-refractivity contribution in [1.82, 2.24) is 5.43 Å². The number of nitrogens with one attached hydrogen (secondary N) is 2. The standard InChI is InChI=1S/C16H14ClN3O3/c1-10-6-7-12(8-13(10)17)19-15(22)16(23)20-18-9-11-4-2-3-5-14(11)21/h2-9,21H,1H3,(H,19,22)(H,20,23)/b18-9+. The molecule has 2 amide bonds. The predicted octanol–water partition coefficient (Wildman–Crippen LogP) is 2.44. The van der Waals surface area contributed by atoms with Gasteiger partial charge >= 0.3 is 11.8 Å². The maximum absolute atomic E-state index is 11.7. The molecule has 6 nitrogen and oxygen atoms in total. The highest BCUT2D eigenvalue weighted by Gasteiger charge is 2.13. The fourth-order valence-electron chi connectivity index (χ4n) is 1.67. The average molecular weight is 332 g/mol. The number of amides is 2. The van der Waals surface area contributed by atoms with Crippen LogP contribution in [0.5, 0.6) is 5.75 Å². The van der Waals surface area contributed by atoms with E-state index in [1.165, 1.54) is 12.3 Å². The topological polar surface area (TPSA) is 90.8 Å². The molecule has 2 aromatic carbocycles. The first-order valence-corrected chi connectivity index (χ1v) is 7.03. The molecular weight excluding hydrogens is 318 g/mol. The Kier molecular flexibility index (Phi) is 5.32. The van der Waals surface area contributed by atoms with Crippen molar-refractivity contribution in [2.75, 3.05) is 5.32 Å². The van der Waals surface area contributed by atoms with Crippen molar-refractivity contribution in [2.45, 2.75) is 6.92 Å². The molecule has 0 saturated heterocycles. The summed E-state index contributed by atoms with van der Waals surface area (Å²) >= 11 is 5.94. The van der Waals surface area contributed by atoms with Crippen LogP contribution in [0.1, 0.15) is 11.1 Å². The van der Waals surface area contributed by atoms with E-state index in [1.807, 2.05) is 6.92 Å². The lowest BCUT2D eigenvalue weighted by molar-refractivity contribution is -0.136. The summed E-state index contributed by atoms with van der Waals surface area (Å²) in [6.07, 6.45) is 1.24. The van der Waals surface area contributed by atoms with E-state index in [2.05, 4.69) is 15.8 Å². The Morgan fingerprint density at radius 3 is 2.61 bits per heavy atom. The van der Waals surface area contributed by atoms with Crippen LogP contribution in [0.3, 0.4) is 0 Å². The van der Waals surface area contributed by atoms with Crippen molar-refractivity contribution in [3.05, 3.63) is 58.6 Å². The number of anilines is 1. The van der Waals surface area contributed by atoms with E-state index in [0.717, 1.165) is 5.56 Å². The number of hydrogen-bond acceptors (Lipinski definition) is 4. The maximum Gasteiger partial charge on any atom is 0.329 e. The molecule has 0 aliphatic rings. The minimum absolute atomic E-state index is 0.0178. The van der Waals surface area contributed by atoms with Gasteiger partial charge in [0.1, 0.15) is 5.75 Å². The molecule has 0 fully saturated rings. The van der Waals surface area contributed by atoms with Gasteiger partial charge in [-0.3, -0.25) is 9.59 Å². The molecule has 2 rings (SSSR count). The van der Waals surface area contributed by atoms with Crippen molar-refractivity contribution < 1.29 is 14.7 Å². The number of phenols is 1. The Hall–Kier alpha value is -2.86. The molecule has 23 heavy (non-hydrogen) atoms. The number of carbonyl (C=O) groups excluding carboxylic acids is 2. The molecule has 2 aromatic rings. The normalized spacial score (nSPS) is 10.5. The molecule has 0 unspecified atom stereocenters. The number of aromatic hydroxyl groups is 1. The SMILES string of the molecule is Cc1ccc(NC(=O)C(=O)N/N=C/c2ccccc2O)cc1Cl. The van der Waals surface area contributed by atoms with E-state index in [-0.39, 0.29) is 5.75 Å². The second kappa shape index (κ2) is 7.42. The quantitative estimate of drug-likeness (QED) is 0.458. The van der Waals surface area contributed by atoms with Gasteiger partial charge in [0.15, 0.2) is 0 Å². The average Bonchev–Trinajstić information content (AvgIpc) is 2.52. The molecule has 7 heteroatoms. The predicted molar refractivity (Wildman–Crippen MR) is 88.7 cm³/mol. The highest BCUT2D eigenvalue weighted by molar-refractivity contribution is 6.39. The van der Waals surface area contributed by atoms with Crippen LogP contribution >= 0.6 is 11.6 Å². The molecule has 0 aliphatic carbocycles. The van der Waals surface area contributed by atoms with Gasteiger partial charge in [0.25, 0.3) is 0 Å². The molecule has 0 bridgehead atoms. The first kappa shape index (κ1) is 16.5. The Labute approximate surface area is 137 Å². The van der Waals surface area contributed by atoms with E-state index in [0.29, 0.717) is 16.3 Å². The number of nitrogens with zero attached hydrogens (tertiary/aromatic N) is 1. The van der Waals surface area contributed by atoms with Crippen LogP contribution in [0.2, 0.25) is 5.02 Å². The third kappa shape index (κ3) is 4.55. The van der Waals surface area contributed by atoms with Crippen LogP contribution in [-0.4, -0.2) is 23.1 Å². The smallest absolute Gasteiger partial charge is 0.329 e. The second-order valence-corrected chi connectivity index (χ2v) is 5.08. The van der Waals surface area contributed by atoms with E-state index in [4.69, 9.17) is 11.6 Å². The summed E-state index contributed by atoms with van der Waals surface area (Å²) in [6, 6.07) is 11.4. The van der Waals surface area contributed by atoms with Crippen molar-refractivity contribution in [2.24, 2.45) is 5.10 Å². The molecule has 0 spiro atoms. The Balaban J connectivity index is 1.94. The Bertz CT molecular complexity index is 775. The van der Waals surface area contributed by atoms with E-state index in [9.17, 15) is 14.7 Å². The van der Waals surface area contributed by atoms with Crippen molar-refractivity contribution >= 4 is 35.3 Å². The third-order valence-electron chi connectivity index (χ3n) is 2.94. The number of para-hydroxylation sites is 1. The van der Waals surface area contributed by atoms with Crippen LogP contribution in [-0.2, 0) is 9.59 Å². The number of halogens is 1. The summed E-state index contributed by atoms with van der Waals surface area (Å²) in [6.45, 7) is 1.83. The fourth-order valence-corrected chi connectivity index (χ4v) is 1.85. The number of hydrazone groups is 1. The zero-order chi connectivity index (χ0) is 16.8. The largest absolute Gasteiger partial charge is 0.507 e. The van der Waals surface area contributed by atoms with Gasteiger partial charge in [-0.2, -0.15) is 5.10 Å². The first-order chi connectivity index (χ1) is 11.0. The van der Waals surface area contributed by atoms with Gasteiger partial charge in [0.2, 0.25) is 0 Å². The molecule has 0 saturated carbocycles. The number of rotatable bonds is 3. The molecule has 0 heterocycles. The summed E-state index contributed by atoms with van der Waals surface area (Å²) in [4.78, 5) is 23.4. The van der Waals surface area contributed by atoms with Crippen LogP contribution in [0.4, 0.5) is 5.69 Å². The summed E-state index contributed by atoms with van der Waals surface area (Å²) in [5.74, 6) is -1.79. The lowest BCUT2D eigenvalue weighted by atomic mass is 10.2. The van der Waals surface area contributed by atoms with Gasteiger partial charge in [-0.1, -0.05) is 29.8 Å². The zero-order valence-corrected chi connectivity index (χ0v) is 13.0. The van der Waals surface area contributed by atoms with Gasteiger partial charge < -0.3 is 10.4 Å². The van der Waals surface area contributed by atoms with Crippen molar-refractivity contribution in [3.8, 4) is 5.75 Å². The summed E-state index contributed by atoms with van der Waals surface area (Å²) in [5, 5.41) is 16.1. The second-order valence-electron chi connectivity index (χ2n) is 4.68. The van der Waals surface area contributed by atoms with Gasteiger partial charge in [-0.25, -0.2) is 5.43 Å². The van der Waals surface area contributed by atoms with Crippen LogP contribution < -0.4 is 10.7 Å². The number of carbonyl (C=O) groups is 2. The van der Waals surface area contributed by atoms with E-state index >= 15 is 0 Å². The highest BCUT2D eigenvalue weighted by atomic mass is 35.5. The van der Waals surface area contributed by atoms with E-state index in [1.54, 1.807) is 36.4 Å². The van der Waals surface area contributed by atoms with Crippen LogP contribution in [0, 0.1) is 6.92 Å². The molecule has 118 valence electrons. The first-order valence-electron chi connectivity index (χ1n) is 6.66. The van der Waals surface area contributed by atoms with Gasteiger partial charge in [0.05, 0.1) is 6.21 Å². The lowest BCUT2D eigenvalue weighted by Gasteiger charge is -2.05. The highest BCUT2D eigenvalue weighted by Crippen LogP contribution is 2.19. The minimum Gasteiger partial charge on any atom is -0.507 e. The van der Waals surface area contributed by atoms with Gasteiger partial charge in [0, 0.05) is 16.3 Å². The van der Waals surface area contributed by atoms with Crippen molar-refractivity contribution in [3.63, 3.8) is 0 Å². The number of benzene rings is 2. The molecule has 0 radical (unpaired) electrons. The maximum atomic E-state index is 11.7. The van der Waals surface area contributed by atoms with Crippen LogP contribution in [0.15, 0.2) is 47.6 Å².